The van der Waals surface area contributed by atoms with Gasteiger partial charge in [-0.25, -0.2) is 8.42 Å². The van der Waals surface area contributed by atoms with Crippen molar-refractivity contribution in [1.82, 2.24) is 15.0 Å². The van der Waals surface area contributed by atoms with Crippen molar-refractivity contribution >= 4 is 49.5 Å². The Morgan fingerprint density at radius 1 is 1.10 bits per heavy atom. The standard InChI is InChI=1S/C32H27N7O8S/c33-30(40)21-5-3-6-27(29(21)38-23-10-17-7-9-35-31(17)37-32(23)47-26-16-45-15-24(26)38)48(43,44)20-12-22(39(41)42)28-25(13-20)46-14-19(36-28)11-18-4-1-2-8-34-18/h1-10,12-13,19,24,26,36H,11,14-16H2,(H2,33,40)(H,35,37)/t19-,24+,26+/m1/s1. The Bertz CT molecular complexity index is 2230. The van der Waals surface area contributed by atoms with Crippen LogP contribution in [0, 0.1) is 10.1 Å². The van der Waals surface area contributed by atoms with Gasteiger partial charge in [0.2, 0.25) is 15.7 Å². The van der Waals surface area contributed by atoms with Gasteiger partial charge < -0.3 is 35.1 Å². The summed E-state index contributed by atoms with van der Waals surface area (Å²) in [5.41, 5.74) is 7.07. The molecule has 3 aromatic heterocycles. The first-order valence-corrected chi connectivity index (χ1v) is 16.5. The minimum absolute atomic E-state index is 0.00711. The molecule has 8 rings (SSSR count). The quantitative estimate of drug-likeness (QED) is 0.168. The molecule has 0 aliphatic carbocycles. The topological polar surface area (TPSA) is 205 Å². The zero-order valence-electron chi connectivity index (χ0n) is 25.0. The fourth-order valence-corrected chi connectivity index (χ4v) is 7.97. The molecule has 3 aliphatic rings. The van der Waals surface area contributed by atoms with Crippen molar-refractivity contribution in [1.29, 1.82) is 0 Å². The number of hydrogen-bond acceptors (Lipinski definition) is 12. The van der Waals surface area contributed by atoms with E-state index in [1.807, 2.05) is 12.1 Å². The summed E-state index contributed by atoms with van der Waals surface area (Å²) in [5.74, 6) is -0.653. The van der Waals surface area contributed by atoms with E-state index in [1.54, 1.807) is 35.5 Å². The second-order valence-electron chi connectivity index (χ2n) is 11.6. The van der Waals surface area contributed by atoms with E-state index in [0.717, 1.165) is 17.1 Å². The Labute approximate surface area is 272 Å². The first kappa shape index (κ1) is 29.6. The predicted molar refractivity (Wildman–Crippen MR) is 172 cm³/mol. The number of H-pyrrole nitrogens is 1. The fourth-order valence-electron chi connectivity index (χ4n) is 6.46. The summed E-state index contributed by atoms with van der Waals surface area (Å²) >= 11 is 0. The fraction of sp³-hybridized carbons (Fsp3) is 0.219. The van der Waals surface area contributed by atoms with Gasteiger partial charge in [-0.15, -0.1) is 0 Å². The summed E-state index contributed by atoms with van der Waals surface area (Å²) in [6, 6.07) is 14.6. The molecule has 4 N–H and O–H groups in total. The maximum atomic E-state index is 14.6. The van der Waals surface area contributed by atoms with Gasteiger partial charge >= 0.3 is 0 Å². The number of nitrogens with two attached hydrogens (primary N) is 1. The molecule has 6 heterocycles. The molecule has 0 unspecified atom stereocenters. The predicted octanol–water partition coefficient (Wildman–Crippen LogP) is 3.51. The first-order chi connectivity index (χ1) is 23.2. The molecular formula is C32H27N7O8S. The number of sulfone groups is 1. The van der Waals surface area contributed by atoms with Crippen LogP contribution in [0.15, 0.2) is 82.8 Å². The average Bonchev–Trinajstić information content (AvgIpc) is 3.75. The number of amides is 1. The summed E-state index contributed by atoms with van der Waals surface area (Å²) in [7, 11) is -4.57. The number of fused-ring (bicyclic) bond motifs is 4. The van der Waals surface area contributed by atoms with Gasteiger partial charge in [0.1, 0.15) is 24.0 Å². The van der Waals surface area contributed by atoms with Gasteiger partial charge in [-0.2, -0.15) is 4.98 Å². The van der Waals surface area contributed by atoms with Gasteiger partial charge in [0, 0.05) is 42.0 Å². The number of carbonyl (C=O) groups is 1. The summed E-state index contributed by atoms with van der Waals surface area (Å²) in [4.78, 5) is 37.6. The van der Waals surface area contributed by atoms with Crippen LogP contribution in [0.4, 0.5) is 22.7 Å². The van der Waals surface area contributed by atoms with E-state index in [9.17, 15) is 23.3 Å². The number of ether oxygens (including phenoxy) is 3. The van der Waals surface area contributed by atoms with Crippen LogP contribution >= 0.6 is 0 Å². The van der Waals surface area contributed by atoms with Crippen molar-refractivity contribution in [3.05, 3.63) is 94.4 Å². The molecule has 3 aliphatic heterocycles. The number of nitrogens with one attached hydrogen (secondary N) is 2. The Morgan fingerprint density at radius 3 is 2.77 bits per heavy atom. The van der Waals surface area contributed by atoms with Crippen LogP contribution in [0.2, 0.25) is 0 Å². The normalized spacial score (nSPS) is 19.8. The third-order valence-electron chi connectivity index (χ3n) is 8.66. The lowest BCUT2D eigenvalue weighted by Gasteiger charge is -2.40. The van der Waals surface area contributed by atoms with E-state index in [1.165, 1.54) is 24.3 Å². The number of para-hydroxylation sites is 1. The van der Waals surface area contributed by atoms with Crippen LogP contribution in [0.5, 0.6) is 11.6 Å². The number of rotatable bonds is 7. The number of anilines is 3. The van der Waals surface area contributed by atoms with E-state index in [-0.39, 0.29) is 59.3 Å². The van der Waals surface area contributed by atoms with Crippen LogP contribution in [0.3, 0.4) is 0 Å². The SMILES string of the molecule is NC(=O)c1cccc(S(=O)(=O)c2cc3c(c([N+](=O)[O-])c2)N[C@H](Cc2ccccn2)CO3)c1N1c2cc3cc[nH]c3nc2O[C@H]2COC[C@@H]21. The molecule has 1 saturated heterocycles. The summed E-state index contributed by atoms with van der Waals surface area (Å²) in [6.07, 6.45) is 3.25. The molecule has 0 spiro atoms. The van der Waals surface area contributed by atoms with E-state index in [2.05, 4.69) is 20.3 Å². The van der Waals surface area contributed by atoms with Crippen molar-refractivity contribution < 1.29 is 32.3 Å². The number of primary amides is 1. The lowest BCUT2D eigenvalue weighted by atomic mass is 10.0. The summed E-state index contributed by atoms with van der Waals surface area (Å²) < 4.78 is 47.1. The van der Waals surface area contributed by atoms with Crippen LogP contribution in [0.1, 0.15) is 16.1 Å². The van der Waals surface area contributed by atoms with Gasteiger partial charge in [0.25, 0.3) is 11.6 Å². The number of nitro groups is 1. The second-order valence-corrected chi connectivity index (χ2v) is 13.5. The molecule has 0 saturated carbocycles. The van der Waals surface area contributed by atoms with Crippen molar-refractivity contribution in [3.63, 3.8) is 0 Å². The third-order valence-corrected chi connectivity index (χ3v) is 10.4. The number of carbonyl (C=O) groups excluding carboxylic acids is 1. The zero-order chi connectivity index (χ0) is 33.2. The second kappa shape index (κ2) is 11.2. The minimum Gasteiger partial charge on any atom is -0.489 e. The molecule has 15 nitrogen and oxygen atoms in total. The number of pyridine rings is 2. The lowest BCUT2D eigenvalue weighted by molar-refractivity contribution is -0.384. The molecule has 16 heteroatoms. The Hall–Kier alpha value is -5.74. The van der Waals surface area contributed by atoms with Crippen molar-refractivity contribution in [2.45, 2.75) is 34.4 Å². The van der Waals surface area contributed by atoms with Crippen LogP contribution < -0.4 is 25.4 Å². The smallest absolute Gasteiger partial charge is 0.297 e. The van der Waals surface area contributed by atoms with Gasteiger partial charge in [-0.05, 0) is 36.4 Å². The largest absolute Gasteiger partial charge is 0.489 e. The van der Waals surface area contributed by atoms with E-state index >= 15 is 0 Å². The molecule has 1 fully saturated rings. The number of nitro benzene ring substituents is 1. The lowest BCUT2D eigenvalue weighted by Crippen LogP contribution is -2.47. The molecule has 0 radical (unpaired) electrons. The van der Waals surface area contributed by atoms with Crippen molar-refractivity contribution in [3.8, 4) is 11.6 Å². The molecule has 2 aromatic carbocycles. The van der Waals surface area contributed by atoms with Crippen LogP contribution in [-0.2, 0) is 21.0 Å². The number of aromatic nitrogens is 3. The Kier molecular flexibility index (Phi) is 6.92. The van der Waals surface area contributed by atoms with Crippen molar-refractivity contribution in [2.24, 2.45) is 5.73 Å². The van der Waals surface area contributed by atoms with Gasteiger partial charge in [-0.1, -0.05) is 12.1 Å². The maximum Gasteiger partial charge on any atom is 0.297 e. The van der Waals surface area contributed by atoms with E-state index in [4.69, 9.17) is 19.9 Å². The Morgan fingerprint density at radius 2 is 1.98 bits per heavy atom. The highest BCUT2D eigenvalue weighted by Crippen LogP contribution is 2.48. The highest BCUT2D eigenvalue weighted by atomic mass is 32.2. The first-order valence-electron chi connectivity index (χ1n) is 15.0. The highest BCUT2D eigenvalue weighted by Gasteiger charge is 2.45. The van der Waals surface area contributed by atoms with Crippen LogP contribution in [-0.4, -0.2) is 72.2 Å². The minimum atomic E-state index is -4.57. The molecule has 48 heavy (non-hydrogen) atoms. The summed E-state index contributed by atoms with van der Waals surface area (Å²) in [5, 5.41) is 16.2. The molecule has 0 bridgehead atoms. The Balaban J connectivity index is 1.27. The number of aromatic amines is 1. The summed E-state index contributed by atoms with van der Waals surface area (Å²) in [6.45, 7) is 0.473. The molecule has 5 aromatic rings. The monoisotopic (exact) mass is 669 g/mol. The molecule has 244 valence electrons. The van der Waals surface area contributed by atoms with E-state index in [0.29, 0.717) is 17.8 Å². The maximum absolute atomic E-state index is 14.6. The number of benzene rings is 2. The number of hydrogen-bond donors (Lipinski definition) is 3. The van der Waals surface area contributed by atoms with Gasteiger partial charge in [-0.3, -0.25) is 19.9 Å². The third kappa shape index (κ3) is 4.84. The van der Waals surface area contributed by atoms with Crippen molar-refractivity contribution in [2.75, 3.05) is 30.0 Å². The van der Waals surface area contributed by atoms with E-state index < -0.39 is 43.4 Å². The van der Waals surface area contributed by atoms with Crippen LogP contribution in [0.25, 0.3) is 11.0 Å². The van der Waals surface area contributed by atoms with Gasteiger partial charge in [0.15, 0.2) is 11.4 Å². The molecule has 3 atom stereocenters. The number of nitrogens with zero attached hydrogens (tertiary/aromatic N) is 4. The average molecular weight is 670 g/mol. The molecular weight excluding hydrogens is 642 g/mol. The van der Waals surface area contributed by atoms with Gasteiger partial charge in [0.05, 0.1) is 51.3 Å². The molecule has 1 amide bonds. The zero-order valence-corrected chi connectivity index (χ0v) is 25.8. The highest BCUT2D eigenvalue weighted by molar-refractivity contribution is 7.91.